The standard InChI is InChI=1S/C14H34N2O2Si/c1-4-7-12-17-19(6-3,18-13-8-5-2)14-11-16-10-9-15/h16H,4-15H2,1-3H3. The lowest BCUT2D eigenvalue weighted by atomic mass is 10.4. The maximum Gasteiger partial charge on any atom is 0.339 e. The molecule has 0 spiro atoms. The Morgan fingerprint density at radius 2 is 1.53 bits per heavy atom. The predicted octanol–water partition coefficient (Wildman–Crippen LogP) is 2.63. The third-order valence-electron chi connectivity index (χ3n) is 3.27. The Kier molecular flexibility index (Phi) is 13.1. The molecule has 0 saturated heterocycles. The van der Waals surface area contributed by atoms with E-state index in [1.165, 1.54) is 12.8 Å². The van der Waals surface area contributed by atoms with Gasteiger partial charge in [0.2, 0.25) is 0 Å². The van der Waals surface area contributed by atoms with Gasteiger partial charge in [0.15, 0.2) is 0 Å². The predicted molar refractivity (Wildman–Crippen MR) is 84.7 cm³/mol. The second-order valence-corrected chi connectivity index (χ2v) is 8.56. The molecule has 0 fully saturated rings. The van der Waals surface area contributed by atoms with E-state index in [2.05, 4.69) is 26.1 Å². The van der Waals surface area contributed by atoms with Crippen LogP contribution in [0.15, 0.2) is 0 Å². The van der Waals surface area contributed by atoms with E-state index >= 15 is 0 Å². The quantitative estimate of drug-likeness (QED) is 0.381. The molecule has 0 aromatic carbocycles. The molecule has 5 heteroatoms. The topological polar surface area (TPSA) is 56.5 Å². The van der Waals surface area contributed by atoms with Gasteiger partial charge in [0, 0.05) is 32.3 Å². The maximum atomic E-state index is 6.19. The molecule has 0 unspecified atom stereocenters. The van der Waals surface area contributed by atoms with Crippen molar-refractivity contribution in [2.75, 3.05) is 32.8 Å². The largest absolute Gasteiger partial charge is 0.394 e. The van der Waals surface area contributed by atoms with Gasteiger partial charge in [-0.2, -0.15) is 0 Å². The minimum Gasteiger partial charge on any atom is -0.394 e. The Bertz CT molecular complexity index is 184. The number of rotatable bonds is 14. The number of unbranched alkanes of at least 4 members (excludes halogenated alkanes) is 2. The van der Waals surface area contributed by atoms with Crippen molar-refractivity contribution in [1.82, 2.24) is 5.32 Å². The van der Waals surface area contributed by atoms with Crippen LogP contribution >= 0.6 is 0 Å². The molecule has 0 saturated carbocycles. The highest BCUT2D eigenvalue weighted by Gasteiger charge is 2.34. The average Bonchev–Trinajstić information content (AvgIpc) is 2.43. The molecule has 0 aliphatic heterocycles. The fourth-order valence-electron chi connectivity index (χ4n) is 1.88. The van der Waals surface area contributed by atoms with Crippen LogP contribution in [0.3, 0.4) is 0 Å². The van der Waals surface area contributed by atoms with E-state index in [0.29, 0.717) is 6.54 Å². The van der Waals surface area contributed by atoms with Crippen molar-refractivity contribution < 1.29 is 8.85 Å². The van der Waals surface area contributed by atoms with Crippen molar-refractivity contribution in [2.45, 2.75) is 58.5 Å². The van der Waals surface area contributed by atoms with Gasteiger partial charge < -0.3 is 19.9 Å². The molecular formula is C14H34N2O2Si. The third-order valence-corrected chi connectivity index (χ3v) is 6.82. The SMILES string of the molecule is CCCCO[Si](CC)(CCNCCN)OCCCC. The van der Waals surface area contributed by atoms with E-state index in [1.54, 1.807) is 0 Å². The Morgan fingerprint density at radius 3 is 1.95 bits per heavy atom. The smallest absolute Gasteiger partial charge is 0.339 e. The van der Waals surface area contributed by atoms with Crippen LogP contribution in [0.25, 0.3) is 0 Å². The lowest BCUT2D eigenvalue weighted by molar-refractivity contribution is 0.163. The van der Waals surface area contributed by atoms with E-state index in [-0.39, 0.29) is 0 Å². The second kappa shape index (κ2) is 13.1. The summed E-state index contributed by atoms with van der Waals surface area (Å²) >= 11 is 0. The molecule has 116 valence electrons. The first kappa shape index (κ1) is 19.1. The number of hydrogen-bond acceptors (Lipinski definition) is 4. The highest BCUT2D eigenvalue weighted by molar-refractivity contribution is 6.67. The summed E-state index contributed by atoms with van der Waals surface area (Å²) in [6, 6.07) is 2.06. The highest BCUT2D eigenvalue weighted by Crippen LogP contribution is 2.19. The number of hydrogen-bond donors (Lipinski definition) is 2. The minimum atomic E-state index is -2.00. The number of nitrogens with one attached hydrogen (secondary N) is 1. The zero-order valence-electron chi connectivity index (χ0n) is 13.2. The van der Waals surface area contributed by atoms with Crippen molar-refractivity contribution in [1.29, 1.82) is 0 Å². The van der Waals surface area contributed by atoms with Gasteiger partial charge in [-0.05, 0) is 25.4 Å². The van der Waals surface area contributed by atoms with Gasteiger partial charge in [0.1, 0.15) is 0 Å². The summed E-state index contributed by atoms with van der Waals surface area (Å²) in [6.45, 7) is 10.8. The van der Waals surface area contributed by atoms with Crippen molar-refractivity contribution in [2.24, 2.45) is 5.73 Å². The molecule has 0 aliphatic carbocycles. The van der Waals surface area contributed by atoms with E-state index in [9.17, 15) is 0 Å². The first-order valence-corrected chi connectivity index (χ1v) is 10.2. The summed E-state index contributed by atoms with van der Waals surface area (Å²) < 4.78 is 12.4. The fourth-order valence-corrected chi connectivity index (χ4v) is 4.60. The van der Waals surface area contributed by atoms with E-state index < -0.39 is 8.56 Å². The van der Waals surface area contributed by atoms with Gasteiger partial charge in [0.05, 0.1) is 0 Å². The lowest BCUT2D eigenvalue weighted by Crippen LogP contribution is -2.44. The van der Waals surface area contributed by atoms with E-state index in [0.717, 1.165) is 51.2 Å². The van der Waals surface area contributed by atoms with E-state index in [1.807, 2.05) is 0 Å². The summed E-state index contributed by atoms with van der Waals surface area (Å²) in [4.78, 5) is 0. The summed E-state index contributed by atoms with van der Waals surface area (Å²) in [5, 5.41) is 3.36. The van der Waals surface area contributed by atoms with Crippen LogP contribution in [-0.4, -0.2) is 41.4 Å². The third kappa shape index (κ3) is 9.57. The average molecular weight is 291 g/mol. The molecule has 0 rings (SSSR count). The molecule has 0 aliphatic rings. The van der Waals surface area contributed by atoms with Gasteiger partial charge in [-0.1, -0.05) is 33.6 Å². The summed E-state index contributed by atoms with van der Waals surface area (Å²) in [5.74, 6) is 0. The van der Waals surface area contributed by atoms with Crippen molar-refractivity contribution in [3.05, 3.63) is 0 Å². The van der Waals surface area contributed by atoms with Crippen molar-refractivity contribution in [3.8, 4) is 0 Å². The molecule has 0 aromatic heterocycles. The number of nitrogens with two attached hydrogens (primary N) is 1. The first-order valence-electron chi connectivity index (χ1n) is 7.93. The second-order valence-electron chi connectivity index (χ2n) is 4.96. The summed E-state index contributed by atoms with van der Waals surface area (Å²) in [7, 11) is -2.00. The Balaban J connectivity index is 4.20. The maximum absolute atomic E-state index is 6.19. The molecule has 0 bridgehead atoms. The van der Waals surface area contributed by atoms with Crippen molar-refractivity contribution >= 4 is 8.56 Å². The van der Waals surface area contributed by atoms with Crippen LogP contribution in [0.1, 0.15) is 46.5 Å². The summed E-state index contributed by atoms with van der Waals surface area (Å²) in [5.41, 5.74) is 5.49. The molecule has 0 atom stereocenters. The van der Waals surface area contributed by atoms with Crippen LogP contribution in [0.5, 0.6) is 0 Å². The zero-order valence-corrected chi connectivity index (χ0v) is 14.2. The van der Waals surface area contributed by atoms with Crippen LogP contribution in [0, 0.1) is 0 Å². The molecule has 3 N–H and O–H groups in total. The van der Waals surface area contributed by atoms with Crippen LogP contribution in [-0.2, 0) is 8.85 Å². The van der Waals surface area contributed by atoms with Gasteiger partial charge >= 0.3 is 8.56 Å². The molecule has 0 amide bonds. The van der Waals surface area contributed by atoms with Crippen LogP contribution in [0.4, 0.5) is 0 Å². The first-order chi connectivity index (χ1) is 9.24. The van der Waals surface area contributed by atoms with Gasteiger partial charge in [-0.15, -0.1) is 0 Å². The minimum absolute atomic E-state index is 0.689. The van der Waals surface area contributed by atoms with Crippen LogP contribution in [0.2, 0.25) is 12.1 Å². The monoisotopic (exact) mass is 290 g/mol. The zero-order chi connectivity index (χ0) is 14.4. The van der Waals surface area contributed by atoms with E-state index in [4.69, 9.17) is 14.6 Å². The molecule has 0 aromatic rings. The normalized spacial score (nSPS) is 12.0. The lowest BCUT2D eigenvalue weighted by Gasteiger charge is -2.30. The van der Waals surface area contributed by atoms with Gasteiger partial charge in [-0.25, -0.2) is 0 Å². The van der Waals surface area contributed by atoms with Gasteiger partial charge in [-0.3, -0.25) is 0 Å². The van der Waals surface area contributed by atoms with Gasteiger partial charge in [0.25, 0.3) is 0 Å². The fraction of sp³-hybridized carbons (Fsp3) is 1.00. The molecule has 4 nitrogen and oxygen atoms in total. The van der Waals surface area contributed by atoms with Crippen molar-refractivity contribution in [3.63, 3.8) is 0 Å². The molecule has 0 heterocycles. The van der Waals surface area contributed by atoms with Crippen LogP contribution < -0.4 is 11.1 Å². The Morgan fingerprint density at radius 1 is 0.947 bits per heavy atom. The molecular weight excluding hydrogens is 256 g/mol. The highest BCUT2D eigenvalue weighted by atomic mass is 28.4. The molecule has 19 heavy (non-hydrogen) atoms. The molecule has 0 radical (unpaired) electrons. The summed E-state index contributed by atoms with van der Waals surface area (Å²) in [6.07, 6.45) is 4.60. The Labute approximate surface area is 120 Å². The Hall–Kier alpha value is 0.0569.